The summed E-state index contributed by atoms with van der Waals surface area (Å²) >= 11 is -0.954. The first-order chi connectivity index (χ1) is 12.0. The van der Waals surface area contributed by atoms with Crippen molar-refractivity contribution in [2.45, 2.75) is 43.0 Å². The van der Waals surface area contributed by atoms with E-state index in [2.05, 4.69) is 16.0 Å². The predicted octanol–water partition coefficient (Wildman–Crippen LogP) is 0.0307. The Balaban J connectivity index is 1.35. The molecule has 0 bridgehead atoms. The molecule has 136 valence electrons. The van der Waals surface area contributed by atoms with Crippen LogP contribution in [-0.2, 0) is 4.79 Å². The van der Waals surface area contributed by atoms with Crippen LogP contribution in [0.5, 0.6) is 0 Å². The molecular weight excluding hydrogens is 405 g/mol. The summed E-state index contributed by atoms with van der Waals surface area (Å²) in [5.41, 5.74) is 0.665. The van der Waals surface area contributed by atoms with Gasteiger partial charge in [-0.2, -0.15) is 0 Å². The zero-order valence-corrected chi connectivity index (χ0v) is 16.3. The molecule has 3 unspecified atom stereocenters. The monoisotopic (exact) mass is 427 g/mol. The number of anilines is 1. The molecule has 3 rings (SSSR count). The number of urea groups is 1. The van der Waals surface area contributed by atoms with Crippen LogP contribution in [0.2, 0.25) is 0 Å². The van der Waals surface area contributed by atoms with Crippen molar-refractivity contribution >= 4 is 49.1 Å². The fourth-order valence-corrected chi connectivity index (χ4v) is 5.59. The van der Waals surface area contributed by atoms with Gasteiger partial charge in [0.1, 0.15) is 0 Å². The quantitative estimate of drug-likeness (QED) is 0.240. The first-order valence-electron chi connectivity index (χ1n) is 8.29. The third-order valence-electron chi connectivity index (χ3n) is 4.46. The molecule has 0 radical (unpaired) electrons. The van der Waals surface area contributed by atoms with Crippen molar-refractivity contribution in [2.75, 3.05) is 11.1 Å². The maximum absolute atomic E-state index is 12.0. The molecule has 0 aliphatic carbocycles. The number of amides is 3. The summed E-state index contributed by atoms with van der Waals surface area (Å²) in [6.07, 6.45) is 3.21. The average Bonchev–Trinajstić information content (AvgIpc) is 3.11. The van der Waals surface area contributed by atoms with E-state index in [-0.39, 0.29) is 24.0 Å². The van der Waals surface area contributed by atoms with Crippen LogP contribution < -0.4 is 20.3 Å². The van der Waals surface area contributed by atoms with E-state index in [9.17, 15) is 17.8 Å². The molecule has 1 aromatic rings. The van der Waals surface area contributed by atoms with Gasteiger partial charge in [0.05, 0.1) is 6.04 Å². The van der Waals surface area contributed by atoms with Gasteiger partial charge in [0.25, 0.3) is 0 Å². The van der Waals surface area contributed by atoms with Crippen LogP contribution in [0.4, 0.5) is 10.5 Å². The Morgan fingerprint density at radius 1 is 1.24 bits per heavy atom. The van der Waals surface area contributed by atoms with Gasteiger partial charge in [-0.1, -0.05) is 0 Å². The number of hydrogen-bond donors (Lipinski definition) is 5. The number of benzene rings is 1. The zero-order chi connectivity index (χ0) is 17.8. The first kappa shape index (κ1) is 18.6. The van der Waals surface area contributed by atoms with E-state index >= 15 is 0 Å². The molecule has 7 nitrogen and oxygen atoms in total. The number of hydrogen-bond acceptors (Lipinski definition) is 5. The molecule has 5 N–H and O–H groups in total. The van der Waals surface area contributed by atoms with Crippen LogP contribution >= 0.6 is 11.8 Å². The molecular formula is C16H22AsN3O4S. The van der Waals surface area contributed by atoms with Crippen molar-refractivity contribution in [1.29, 1.82) is 0 Å². The van der Waals surface area contributed by atoms with Gasteiger partial charge >= 0.3 is 129 Å². The Labute approximate surface area is 155 Å². The number of carbonyl (C=O) groups excluding carboxylic acids is 2. The third kappa shape index (κ3) is 4.91. The molecule has 0 saturated carbocycles. The summed E-state index contributed by atoms with van der Waals surface area (Å²) in [5.74, 6) is 0.916. The van der Waals surface area contributed by atoms with Gasteiger partial charge in [0, 0.05) is 5.75 Å². The Bertz CT molecular complexity index is 628. The Hall–Kier alpha value is -1.21. The predicted molar refractivity (Wildman–Crippen MR) is 98.9 cm³/mol. The number of nitrogens with one attached hydrogen (secondary N) is 3. The summed E-state index contributed by atoms with van der Waals surface area (Å²) in [5, 5.41) is 9.15. The van der Waals surface area contributed by atoms with E-state index in [1.807, 2.05) is 11.8 Å². The molecule has 1 aromatic carbocycles. The minimum atomic E-state index is -2.84. The summed E-state index contributed by atoms with van der Waals surface area (Å²) < 4.78 is 18.9. The molecule has 25 heavy (non-hydrogen) atoms. The molecule has 3 atom stereocenters. The molecule has 2 aliphatic heterocycles. The van der Waals surface area contributed by atoms with Gasteiger partial charge in [-0.05, 0) is 0 Å². The number of carbonyl (C=O) groups is 2. The van der Waals surface area contributed by atoms with Gasteiger partial charge < -0.3 is 10.6 Å². The van der Waals surface area contributed by atoms with Crippen molar-refractivity contribution in [1.82, 2.24) is 10.6 Å². The van der Waals surface area contributed by atoms with Gasteiger partial charge in [0.2, 0.25) is 0 Å². The van der Waals surface area contributed by atoms with Gasteiger partial charge in [0.15, 0.2) is 0 Å². The topological polar surface area (TPSA) is 111 Å². The summed E-state index contributed by atoms with van der Waals surface area (Å²) in [7, 11) is 0. The second kappa shape index (κ2) is 8.45. The number of unbranched alkanes of at least 4 members (excludes halogenated alkanes) is 1. The molecule has 2 fully saturated rings. The molecule has 9 heteroatoms. The second-order valence-electron chi connectivity index (χ2n) is 6.25. The van der Waals surface area contributed by atoms with Crippen LogP contribution in [0.1, 0.15) is 25.7 Å². The Morgan fingerprint density at radius 3 is 2.72 bits per heavy atom. The van der Waals surface area contributed by atoms with Crippen LogP contribution in [0.3, 0.4) is 0 Å². The van der Waals surface area contributed by atoms with E-state index in [1.54, 1.807) is 24.3 Å². The van der Waals surface area contributed by atoms with Crippen molar-refractivity contribution in [2.24, 2.45) is 0 Å². The molecule has 0 spiro atoms. The van der Waals surface area contributed by atoms with E-state index in [0.29, 0.717) is 21.7 Å². The van der Waals surface area contributed by atoms with Crippen molar-refractivity contribution in [3.8, 4) is 0 Å². The molecule has 3 amide bonds. The van der Waals surface area contributed by atoms with E-state index in [1.165, 1.54) is 0 Å². The SMILES string of the molecule is O=C(CCCCC1SCC2NC(=O)NC21)Nc1ccc([As](O)O)cc1. The minimum absolute atomic E-state index is 0.0389. The van der Waals surface area contributed by atoms with Crippen molar-refractivity contribution in [3.05, 3.63) is 24.3 Å². The van der Waals surface area contributed by atoms with Crippen LogP contribution in [-0.4, -0.2) is 58.6 Å². The Kier molecular flexibility index (Phi) is 6.28. The standard InChI is InChI=1S/C16H22AsN3O4S/c21-14(18-11-7-5-10(6-8-11)17(23)24)4-2-1-3-13-15-12(9-25-13)19-16(22)20-15/h5-8,12-13,15,23-24H,1-4,9H2,(H,18,21)(H2,19,20,22). The van der Waals surface area contributed by atoms with Gasteiger partial charge in [-0.25, -0.2) is 4.79 Å². The zero-order valence-electron chi connectivity index (χ0n) is 13.6. The van der Waals surface area contributed by atoms with Crippen LogP contribution in [0.15, 0.2) is 24.3 Å². The van der Waals surface area contributed by atoms with Crippen molar-refractivity contribution < 1.29 is 17.8 Å². The second-order valence-corrected chi connectivity index (χ2v) is 9.82. The Morgan fingerprint density at radius 2 is 2.00 bits per heavy atom. The van der Waals surface area contributed by atoms with E-state index in [4.69, 9.17) is 0 Å². The van der Waals surface area contributed by atoms with E-state index in [0.717, 1.165) is 25.0 Å². The number of thioether (sulfide) groups is 1. The third-order valence-corrected chi connectivity index (χ3v) is 7.57. The molecule has 2 aliphatic rings. The number of rotatable bonds is 7. The normalized spacial score (nSPS) is 24.8. The molecule has 2 saturated heterocycles. The molecule has 0 aromatic heterocycles. The van der Waals surface area contributed by atoms with E-state index < -0.39 is 15.3 Å². The maximum atomic E-state index is 12.0. The summed E-state index contributed by atoms with van der Waals surface area (Å²) in [6, 6.07) is 7.03. The van der Waals surface area contributed by atoms with Crippen LogP contribution in [0, 0.1) is 0 Å². The fraction of sp³-hybridized carbons (Fsp3) is 0.500. The van der Waals surface area contributed by atoms with Gasteiger partial charge in [-0.15, -0.1) is 0 Å². The van der Waals surface area contributed by atoms with Crippen molar-refractivity contribution in [3.63, 3.8) is 0 Å². The number of fused-ring (bicyclic) bond motifs is 1. The summed E-state index contributed by atoms with van der Waals surface area (Å²) in [4.78, 5) is 23.3. The fourth-order valence-electron chi connectivity index (χ4n) is 3.18. The molecule has 2 heterocycles. The average molecular weight is 427 g/mol. The van der Waals surface area contributed by atoms with Crippen LogP contribution in [0.25, 0.3) is 0 Å². The first-order valence-corrected chi connectivity index (χ1v) is 12.0. The summed E-state index contributed by atoms with van der Waals surface area (Å²) in [6.45, 7) is 0. The van der Waals surface area contributed by atoms with Gasteiger partial charge in [-0.3, -0.25) is 0 Å².